The molecule has 1 N–H and O–H groups in total. The van der Waals surface area contributed by atoms with Gasteiger partial charge in [0.25, 0.3) is 0 Å². The summed E-state index contributed by atoms with van der Waals surface area (Å²) >= 11 is 0. The van der Waals surface area contributed by atoms with Gasteiger partial charge in [-0.3, -0.25) is 0 Å². The van der Waals surface area contributed by atoms with E-state index in [-0.39, 0.29) is 12.4 Å². The Kier molecular flexibility index (Phi) is 10.0. The third-order valence-corrected chi connectivity index (χ3v) is 4.49. The maximum absolute atomic E-state index is 11.4. The van der Waals surface area contributed by atoms with Crippen LogP contribution in [0.1, 0.15) is 58.3 Å². The fourth-order valence-corrected chi connectivity index (χ4v) is 3.08. The molecule has 0 radical (unpaired) electrons. The Morgan fingerprint density at radius 1 is 0.812 bits per heavy atom. The van der Waals surface area contributed by atoms with Gasteiger partial charge in [-0.1, -0.05) is 45.4 Å². The molecule has 16 heavy (non-hydrogen) atoms. The largest absolute Gasteiger partial charge is 0.396 e. The first kappa shape index (κ1) is 15.9. The lowest BCUT2D eigenvalue weighted by Crippen LogP contribution is -2.12. The SMILES string of the molecule is CCCCCCCCCS(=O)(=O)CCCO. The summed E-state index contributed by atoms with van der Waals surface area (Å²) in [5.41, 5.74) is 0. The van der Waals surface area contributed by atoms with E-state index in [1.54, 1.807) is 0 Å². The fourth-order valence-electron chi connectivity index (χ4n) is 1.67. The molecular formula is C12H26O3S. The van der Waals surface area contributed by atoms with Crippen molar-refractivity contribution in [2.45, 2.75) is 58.3 Å². The molecule has 0 aromatic rings. The lowest BCUT2D eigenvalue weighted by atomic mass is 10.1. The van der Waals surface area contributed by atoms with Crippen LogP contribution in [0.4, 0.5) is 0 Å². The highest BCUT2D eigenvalue weighted by atomic mass is 32.2. The van der Waals surface area contributed by atoms with Crippen LogP contribution in [-0.2, 0) is 9.84 Å². The summed E-state index contributed by atoms with van der Waals surface area (Å²) in [6.45, 7) is 2.16. The summed E-state index contributed by atoms with van der Waals surface area (Å²) in [5.74, 6) is 0.431. The molecule has 0 unspecified atom stereocenters. The molecule has 0 saturated carbocycles. The Morgan fingerprint density at radius 2 is 1.31 bits per heavy atom. The van der Waals surface area contributed by atoms with Gasteiger partial charge in [-0.05, 0) is 12.8 Å². The minimum atomic E-state index is -2.90. The molecule has 0 aliphatic rings. The molecule has 0 amide bonds. The van der Waals surface area contributed by atoms with E-state index >= 15 is 0 Å². The predicted octanol–water partition coefficient (Wildman–Crippen LogP) is 2.53. The van der Waals surface area contributed by atoms with E-state index in [0.29, 0.717) is 12.2 Å². The average Bonchev–Trinajstić information content (AvgIpc) is 2.25. The topological polar surface area (TPSA) is 54.4 Å². The minimum Gasteiger partial charge on any atom is -0.396 e. The van der Waals surface area contributed by atoms with Crippen molar-refractivity contribution in [2.75, 3.05) is 18.1 Å². The molecule has 0 rings (SSSR count). The molecular weight excluding hydrogens is 224 g/mol. The van der Waals surface area contributed by atoms with Gasteiger partial charge in [0.15, 0.2) is 0 Å². The van der Waals surface area contributed by atoms with Crippen LogP contribution in [-0.4, -0.2) is 31.6 Å². The number of hydrogen-bond donors (Lipinski definition) is 1. The van der Waals surface area contributed by atoms with Gasteiger partial charge in [-0.2, -0.15) is 0 Å². The Bertz CT molecular complexity index is 235. The van der Waals surface area contributed by atoms with Gasteiger partial charge in [0.1, 0.15) is 9.84 Å². The molecule has 0 aliphatic heterocycles. The first-order valence-electron chi connectivity index (χ1n) is 6.43. The molecule has 0 bridgehead atoms. The van der Waals surface area contributed by atoms with E-state index < -0.39 is 9.84 Å². The zero-order valence-electron chi connectivity index (χ0n) is 10.5. The van der Waals surface area contributed by atoms with Crippen LogP contribution in [0.3, 0.4) is 0 Å². The molecule has 3 nitrogen and oxygen atoms in total. The van der Waals surface area contributed by atoms with Crippen LogP contribution in [0.2, 0.25) is 0 Å². The van der Waals surface area contributed by atoms with Crippen LogP contribution in [0.25, 0.3) is 0 Å². The lowest BCUT2D eigenvalue weighted by molar-refractivity contribution is 0.295. The summed E-state index contributed by atoms with van der Waals surface area (Å²) in [6, 6.07) is 0. The third kappa shape index (κ3) is 10.4. The van der Waals surface area contributed by atoms with Gasteiger partial charge in [-0.15, -0.1) is 0 Å². The third-order valence-electron chi connectivity index (χ3n) is 2.67. The van der Waals surface area contributed by atoms with E-state index in [0.717, 1.165) is 19.3 Å². The lowest BCUT2D eigenvalue weighted by Gasteiger charge is -2.03. The summed E-state index contributed by atoms with van der Waals surface area (Å²) in [4.78, 5) is 0. The van der Waals surface area contributed by atoms with Crippen molar-refractivity contribution in [3.05, 3.63) is 0 Å². The van der Waals surface area contributed by atoms with E-state index in [1.807, 2.05) is 0 Å². The Hall–Kier alpha value is -0.0900. The number of aliphatic hydroxyl groups is 1. The highest BCUT2D eigenvalue weighted by molar-refractivity contribution is 7.91. The van der Waals surface area contributed by atoms with Gasteiger partial charge in [0.2, 0.25) is 0 Å². The first-order chi connectivity index (χ1) is 7.62. The molecule has 0 aliphatic carbocycles. The molecule has 0 atom stereocenters. The predicted molar refractivity (Wildman–Crippen MR) is 68.3 cm³/mol. The van der Waals surface area contributed by atoms with Crippen LogP contribution in [0, 0.1) is 0 Å². The van der Waals surface area contributed by atoms with E-state index in [4.69, 9.17) is 5.11 Å². The number of unbranched alkanes of at least 4 members (excludes halogenated alkanes) is 6. The molecule has 0 fully saturated rings. The zero-order valence-corrected chi connectivity index (χ0v) is 11.3. The maximum Gasteiger partial charge on any atom is 0.150 e. The van der Waals surface area contributed by atoms with Crippen LogP contribution in [0.5, 0.6) is 0 Å². The summed E-state index contributed by atoms with van der Waals surface area (Å²) < 4.78 is 22.8. The van der Waals surface area contributed by atoms with Gasteiger partial charge in [-0.25, -0.2) is 8.42 Å². The molecule has 4 heteroatoms. The van der Waals surface area contributed by atoms with Gasteiger partial charge >= 0.3 is 0 Å². The first-order valence-corrected chi connectivity index (χ1v) is 8.26. The average molecular weight is 250 g/mol. The van der Waals surface area contributed by atoms with Crippen molar-refractivity contribution in [2.24, 2.45) is 0 Å². The Labute approximate surface area is 100 Å². The maximum atomic E-state index is 11.4. The van der Waals surface area contributed by atoms with Crippen molar-refractivity contribution in [3.63, 3.8) is 0 Å². The summed E-state index contributed by atoms with van der Waals surface area (Å²) in [5, 5.41) is 8.56. The normalized spacial score (nSPS) is 11.9. The second kappa shape index (κ2) is 10.1. The van der Waals surface area contributed by atoms with Crippen LogP contribution < -0.4 is 0 Å². The summed E-state index contributed by atoms with van der Waals surface area (Å²) in [7, 11) is -2.90. The Balaban J connectivity index is 3.36. The van der Waals surface area contributed by atoms with Crippen molar-refractivity contribution in [3.8, 4) is 0 Å². The fraction of sp³-hybridized carbons (Fsp3) is 1.00. The standard InChI is InChI=1S/C12H26O3S/c1-2-3-4-5-6-7-8-11-16(14,15)12-9-10-13/h13H,2-12H2,1H3. The number of rotatable bonds is 11. The Morgan fingerprint density at radius 3 is 1.88 bits per heavy atom. The number of aliphatic hydroxyl groups excluding tert-OH is 1. The second-order valence-corrected chi connectivity index (χ2v) is 6.65. The van der Waals surface area contributed by atoms with Gasteiger partial charge in [0.05, 0.1) is 11.5 Å². The monoisotopic (exact) mass is 250 g/mol. The van der Waals surface area contributed by atoms with Crippen molar-refractivity contribution in [1.29, 1.82) is 0 Å². The number of sulfone groups is 1. The van der Waals surface area contributed by atoms with E-state index in [9.17, 15) is 8.42 Å². The smallest absolute Gasteiger partial charge is 0.150 e. The van der Waals surface area contributed by atoms with Crippen molar-refractivity contribution in [1.82, 2.24) is 0 Å². The molecule has 0 heterocycles. The van der Waals surface area contributed by atoms with Crippen LogP contribution in [0.15, 0.2) is 0 Å². The van der Waals surface area contributed by atoms with Crippen LogP contribution >= 0.6 is 0 Å². The van der Waals surface area contributed by atoms with Gasteiger partial charge in [0, 0.05) is 6.61 Å². The quantitative estimate of drug-likeness (QED) is 0.573. The van der Waals surface area contributed by atoms with Crippen molar-refractivity contribution < 1.29 is 13.5 Å². The van der Waals surface area contributed by atoms with E-state index in [2.05, 4.69) is 6.92 Å². The molecule has 98 valence electrons. The highest BCUT2D eigenvalue weighted by Gasteiger charge is 2.09. The van der Waals surface area contributed by atoms with E-state index in [1.165, 1.54) is 25.7 Å². The zero-order chi connectivity index (χ0) is 12.3. The summed E-state index contributed by atoms with van der Waals surface area (Å²) in [6.07, 6.45) is 8.35. The van der Waals surface area contributed by atoms with Gasteiger partial charge < -0.3 is 5.11 Å². The number of hydrogen-bond acceptors (Lipinski definition) is 3. The minimum absolute atomic E-state index is 0.0315. The molecule has 0 aromatic heterocycles. The molecule has 0 aromatic carbocycles. The molecule has 0 spiro atoms. The highest BCUT2D eigenvalue weighted by Crippen LogP contribution is 2.08. The van der Waals surface area contributed by atoms with Crippen molar-refractivity contribution >= 4 is 9.84 Å². The second-order valence-electron chi connectivity index (χ2n) is 4.35. The molecule has 0 saturated heterocycles.